The molecule has 4 aromatic rings. The van der Waals surface area contributed by atoms with E-state index in [2.05, 4.69) is 23.5 Å². The molecule has 0 radical (unpaired) electrons. The number of halogens is 3. The van der Waals surface area contributed by atoms with Crippen LogP contribution in [0.5, 0.6) is 5.75 Å². The number of hydrogen-bond donors (Lipinski definition) is 3. The molecule has 8 nitrogen and oxygen atoms in total. The average Bonchev–Trinajstić information content (AvgIpc) is 3.09. The number of alkyl halides is 3. The monoisotopic (exact) mass is 661 g/mol. The lowest BCUT2D eigenvalue weighted by molar-refractivity contribution is -0.192. The molecule has 0 fully saturated rings. The number of carbonyl (C=O) groups is 3. The number of nitrogens with two attached hydrogens (primary N) is 1. The van der Waals surface area contributed by atoms with Gasteiger partial charge in [-0.2, -0.15) is 13.2 Å². The number of ether oxygens (including phenoxy) is 1. The standard InChI is InChI=1S/C35H37N3O3.C2HF3O2/c1-41-33-18-15-28(16-19-33)17-20-34(39)38(23-7-11-27-8-3-2-4-9-27)26-29-10-5-12-30(24-29)31-13-6-14-32(25-31)35(40)37-22-21-36;3-2(4,5)1(6)7/h2-6,8-10,12-20,24-25H,7,11,21-23,26,36H2,1H3,(H,37,40);(H,6,7). The fourth-order valence-electron chi connectivity index (χ4n) is 4.57. The number of carboxylic acid groups (broad SMARTS) is 1. The molecule has 4 N–H and O–H groups in total. The van der Waals surface area contributed by atoms with Gasteiger partial charge in [0.25, 0.3) is 5.91 Å². The Bertz CT molecular complexity index is 1660. The molecule has 2 amide bonds. The highest BCUT2D eigenvalue weighted by Gasteiger charge is 2.38. The van der Waals surface area contributed by atoms with E-state index in [4.69, 9.17) is 20.4 Å². The lowest BCUT2D eigenvalue weighted by Crippen LogP contribution is -2.30. The van der Waals surface area contributed by atoms with Crippen LogP contribution in [0.2, 0.25) is 0 Å². The molecule has 0 heterocycles. The summed E-state index contributed by atoms with van der Waals surface area (Å²) in [6.45, 7) is 1.93. The third-order valence-electron chi connectivity index (χ3n) is 7.01. The number of carbonyl (C=O) groups excluding carboxylic acids is 2. The topological polar surface area (TPSA) is 122 Å². The van der Waals surface area contributed by atoms with Gasteiger partial charge in [-0.3, -0.25) is 9.59 Å². The van der Waals surface area contributed by atoms with Gasteiger partial charge in [-0.25, -0.2) is 4.79 Å². The first-order valence-corrected chi connectivity index (χ1v) is 15.1. The molecule has 4 rings (SSSR count). The summed E-state index contributed by atoms with van der Waals surface area (Å²) in [4.78, 5) is 36.6. The Labute approximate surface area is 277 Å². The highest BCUT2D eigenvalue weighted by Crippen LogP contribution is 2.23. The maximum absolute atomic E-state index is 13.4. The Hall–Kier alpha value is -5.42. The number of aryl methyl sites for hydroxylation is 1. The number of aliphatic carboxylic acids is 1. The fourth-order valence-corrected chi connectivity index (χ4v) is 4.57. The number of nitrogens with zero attached hydrogens (tertiary/aromatic N) is 1. The van der Waals surface area contributed by atoms with Crippen LogP contribution < -0.4 is 15.8 Å². The zero-order valence-corrected chi connectivity index (χ0v) is 26.5. The molecule has 0 aliphatic heterocycles. The van der Waals surface area contributed by atoms with E-state index in [0.29, 0.717) is 31.7 Å². The summed E-state index contributed by atoms with van der Waals surface area (Å²) < 4.78 is 37.0. The van der Waals surface area contributed by atoms with Gasteiger partial charge in [-0.1, -0.05) is 72.8 Å². The largest absolute Gasteiger partial charge is 0.497 e. The van der Waals surface area contributed by atoms with Crippen LogP contribution in [0.15, 0.2) is 109 Å². The van der Waals surface area contributed by atoms with Crippen molar-refractivity contribution in [2.75, 3.05) is 26.7 Å². The SMILES string of the molecule is COc1ccc(C=CC(=O)N(CCCc2ccccc2)Cc2cccc(-c3cccc(C(=O)NCCN)c3)c2)cc1.O=C(O)C(F)(F)F. The Balaban J connectivity index is 0.000000804. The van der Waals surface area contributed by atoms with E-state index >= 15 is 0 Å². The van der Waals surface area contributed by atoms with Crippen molar-refractivity contribution in [3.8, 4) is 16.9 Å². The van der Waals surface area contributed by atoms with Gasteiger partial charge >= 0.3 is 12.1 Å². The van der Waals surface area contributed by atoms with E-state index in [1.807, 2.05) is 89.8 Å². The Morgan fingerprint density at radius 1 is 0.875 bits per heavy atom. The number of rotatable bonds is 13. The Morgan fingerprint density at radius 3 is 2.12 bits per heavy atom. The summed E-state index contributed by atoms with van der Waals surface area (Å²) >= 11 is 0. The van der Waals surface area contributed by atoms with E-state index < -0.39 is 12.1 Å². The number of nitrogens with one attached hydrogen (secondary N) is 1. The average molecular weight is 662 g/mol. The van der Waals surface area contributed by atoms with Crippen LogP contribution in [0.4, 0.5) is 13.2 Å². The zero-order chi connectivity index (χ0) is 34.9. The van der Waals surface area contributed by atoms with Gasteiger partial charge in [-0.15, -0.1) is 0 Å². The van der Waals surface area contributed by atoms with Crippen LogP contribution in [-0.2, 0) is 22.6 Å². The first kappa shape index (κ1) is 37.0. The van der Waals surface area contributed by atoms with Gasteiger partial charge in [0, 0.05) is 37.8 Å². The summed E-state index contributed by atoms with van der Waals surface area (Å²) in [5, 5.41) is 9.94. The molecule has 0 unspecified atom stereocenters. The van der Waals surface area contributed by atoms with Gasteiger partial charge in [-0.05, 0) is 77.1 Å². The second-order valence-electron chi connectivity index (χ2n) is 10.6. The maximum Gasteiger partial charge on any atom is 0.490 e. The van der Waals surface area contributed by atoms with Crippen molar-refractivity contribution >= 4 is 23.9 Å². The number of hydrogen-bond acceptors (Lipinski definition) is 5. The van der Waals surface area contributed by atoms with Crippen molar-refractivity contribution in [1.29, 1.82) is 0 Å². The van der Waals surface area contributed by atoms with E-state index in [1.54, 1.807) is 19.3 Å². The highest BCUT2D eigenvalue weighted by atomic mass is 19.4. The molecule has 252 valence electrons. The molecular weight excluding hydrogens is 623 g/mol. The molecule has 0 atom stereocenters. The van der Waals surface area contributed by atoms with Gasteiger partial charge < -0.3 is 25.8 Å². The molecule has 4 aromatic carbocycles. The number of methoxy groups -OCH3 is 1. The maximum atomic E-state index is 13.4. The van der Waals surface area contributed by atoms with Crippen molar-refractivity contribution in [2.24, 2.45) is 5.73 Å². The Morgan fingerprint density at radius 2 is 1.50 bits per heavy atom. The number of amides is 2. The molecule has 0 aliphatic carbocycles. The van der Waals surface area contributed by atoms with Crippen molar-refractivity contribution in [2.45, 2.75) is 25.6 Å². The lowest BCUT2D eigenvalue weighted by atomic mass is 10.0. The van der Waals surface area contributed by atoms with E-state index in [1.165, 1.54) is 5.56 Å². The second-order valence-corrected chi connectivity index (χ2v) is 10.6. The third kappa shape index (κ3) is 12.4. The minimum atomic E-state index is -5.08. The third-order valence-corrected chi connectivity index (χ3v) is 7.01. The number of benzene rings is 4. The highest BCUT2D eigenvalue weighted by molar-refractivity contribution is 5.95. The smallest absolute Gasteiger partial charge is 0.490 e. The number of carboxylic acids is 1. The van der Waals surface area contributed by atoms with Crippen LogP contribution in [0, 0.1) is 0 Å². The van der Waals surface area contributed by atoms with Crippen LogP contribution in [0.1, 0.15) is 33.5 Å². The second kappa shape index (κ2) is 18.7. The van der Waals surface area contributed by atoms with Crippen molar-refractivity contribution in [1.82, 2.24) is 10.2 Å². The summed E-state index contributed by atoms with van der Waals surface area (Å²) in [5.41, 5.74) is 11.2. The molecule has 0 spiro atoms. The van der Waals surface area contributed by atoms with Gasteiger partial charge in [0.1, 0.15) is 5.75 Å². The molecule has 48 heavy (non-hydrogen) atoms. The summed E-state index contributed by atoms with van der Waals surface area (Å²) in [5.74, 6) is -2.17. The van der Waals surface area contributed by atoms with Crippen LogP contribution in [0.25, 0.3) is 17.2 Å². The van der Waals surface area contributed by atoms with Gasteiger partial charge in [0.15, 0.2) is 0 Å². The summed E-state index contributed by atoms with van der Waals surface area (Å²) in [6, 6.07) is 33.6. The van der Waals surface area contributed by atoms with Crippen molar-refractivity contribution in [3.63, 3.8) is 0 Å². The first-order valence-electron chi connectivity index (χ1n) is 15.1. The molecule has 0 saturated heterocycles. The molecule has 0 saturated carbocycles. The minimum Gasteiger partial charge on any atom is -0.497 e. The molecule has 0 aromatic heterocycles. The predicted octanol–water partition coefficient (Wildman–Crippen LogP) is 6.36. The molecule has 0 aliphatic rings. The molecule has 0 bridgehead atoms. The summed E-state index contributed by atoms with van der Waals surface area (Å²) in [7, 11) is 1.63. The van der Waals surface area contributed by atoms with E-state index in [0.717, 1.165) is 40.8 Å². The molecule has 11 heteroatoms. The predicted molar refractivity (Wildman–Crippen MR) is 179 cm³/mol. The normalized spacial score (nSPS) is 10.9. The first-order chi connectivity index (χ1) is 23.0. The molecular formula is C37H38F3N3O5. The van der Waals surface area contributed by atoms with Crippen molar-refractivity contribution < 1.29 is 37.4 Å². The fraction of sp³-hybridized carbons (Fsp3) is 0.216. The van der Waals surface area contributed by atoms with Crippen LogP contribution in [-0.4, -0.2) is 60.7 Å². The van der Waals surface area contributed by atoms with Crippen LogP contribution in [0.3, 0.4) is 0 Å². The zero-order valence-electron chi connectivity index (χ0n) is 26.5. The van der Waals surface area contributed by atoms with Crippen LogP contribution >= 0.6 is 0 Å². The lowest BCUT2D eigenvalue weighted by Gasteiger charge is -2.22. The summed E-state index contributed by atoms with van der Waals surface area (Å²) in [6.07, 6.45) is 0.138. The van der Waals surface area contributed by atoms with E-state index in [-0.39, 0.29) is 11.8 Å². The van der Waals surface area contributed by atoms with Gasteiger partial charge in [0.05, 0.1) is 7.11 Å². The van der Waals surface area contributed by atoms with E-state index in [9.17, 15) is 22.8 Å². The minimum absolute atomic E-state index is 0.0437. The van der Waals surface area contributed by atoms with Crippen molar-refractivity contribution in [3.05, 3.63) is 131 Å². The Kier molecular flexibility index (Phi) is 14.4. The quantitative estimate of drug-likeness (QED) is 0.144. The van der Waals surface area contributed by atoms with Gasteiger partial charge in [0.2, 0.25) is 5.91 Å².